The third kappa shape index (κ3) is 4.63. The molecule has 132 valence electrons. The van der Waals surface area contributed by atoms with Gasteiger partial charge < -0.3 is 10.6 Å². The van der Waals surface area contributed by atoms with E-state index in [0.717, 1.165) is 16.9 Å². The van der Waals surface area contributed by atoms with Crippen molar-refractivity contribution >= 4 is 23.2 Å². The highest BCUT2D eigenvalue weighted by Gasteiger charge is 2.05. The van der Waals surface area contributed by atoms with Crippen molar-refractivity contribution in [1.82, 2.24) is 9.97 Å². The molecule has 0 atom stereocenters. The molecule has 0 fully saturated rings. The van der Waals surface area contributed by atoms with Crippen LogP contribution in [-0.4, -0.2) is 15.8 Å². The van der Waals surface area contributed by atoms with Gasteiger partial charge in [0.2, 0.25) is 5.95 Å². The molecule has 0 aliphatic rings. The molecule has 5 nitrogen and oxygen atoms in total. The summed E-state index contributed by atoms with van der Waals surface area (Å²) >= 11 is 0. The minimum atomic E-state index is -0.258. The standard InChI is InChI=1S/C20H19FN4O/c1-13-10-19(22-12-15-6-8-17(21)9-7-15)25-20(23-13)24-18-5-3-4-16(11-18)14(2)26/h3-11H,12H2,1-2H3,(H2,22,23,24,25). The zero-order chi connectivity index (χ0) is 18.5. The molecule has 0 bridgehead atoms. The summed E-state index contributed by atoms with van der Waals surface area (Å²) in [7, 11) is 0. The summed E-state index contributed by atoms with van der Waals surface area (Å²) in [6.07, 6.45) is 0. The van der Waals surface area contributed by atoms with Crippen molar-refractivity contribution < 1.29 is 9.18 Å². The van der Waals surface area contributed by atoms with E-state index in [2.05, 4.69) is 20.6 Å². The number of hydrogen-bond donors (Lipinski definition) is 2. The molecular formula is C20H19FN4O. The number of aromatic nitrogens is 2. The van der Waals surface area contributed by atoms with Crippen LogP contribution in [0.15, 0.2) is 54.6 Å². The largest absolute Gasteiger partial charge is 0.366 e. The lowest BCUT2D eigenvalue weighted by Crippen LogP contribution is -2.06. The monoisotopic (exact) mass is 350 g/mol. The summed E-state index contributed by atoms with van der Waals surface area (Å²) in [5, 5.41) is 6.33. The van der Waals surface area contributed by atoms with Gasteiger partial charge in [0.15, 0.2) is 5.78 Å². The van der Waals surface area contributed by atoms with E-state index in [4.69, 9.17) is 0 Å². The summed E-state index contributed by atoms with van der Waals surface area (Å²) in [4.78, 5) is 20.3. The first-order valence-corrected chi connectivity index (χ1v) is 8.21. The normalized spacial score (nSPS) is 10.4. The van der Waals surface area contributed by atoms with Gasteiger partial charge in [0, 0.05) is 29.6 Å². The molecule has 2 aromatic carbocycles. The van der Waals surface area contributed by atoms with Gasteiger partial charge >= 0.3 is 0 Å². The summed E-state index contributed by atoms with van der Waals surface area (Å²) < 4.78 is 13.0. The van der Waals surface area contributed by atoms with Gasteiger partial charge in [0.1, 0.15) is 11.6 Å². The molecular weight excluding hydrogens is 331 g/mol. The predicted octanol–water partition coefficient (Wildman–Crippen LogP) is 4.48. The topological polar surface area (TPSA) is 66.9 Å². The van der Waals surface area contributed by atoms with E-state index in [1.54, 1.807) is 24.3 Å². The molecule has 26 heavy (non-hydrogen) atoms. The van der Waals surface area contributed by atoms with Crippen LogP contribution in [0.25, 0.3) is 0 Å². The summed E-state index contributed by atoms with van der Waals surface area (Å²) in [6, 6.07) is 15.3. The van der Waals surface area contributed by atoms with Crippen molar-refractivity contribution in [1.29, 1.82) is 0 Å². The van der Waals surface area contributed by atoms with E-state index in [-0.39, 0.29) is 11.6 Å². The molecule has 0 radical (unpaired) electrons. The van der Waals surface area contributed by atoms with Crippen molar-refractivity contribution in [3.63, 3.8) is 0 Å². The zero-order valence-electron chi connectivity index (χ0n) is 14.6. The molecule has 3 rings (SSSR count). The van der Waals surface area contributed by atoms with Crippen molar-refractivity contribution in [2.45, 2.75) is 20.4 Å². The Kier molecular flexibility index (Phi) is 5.22. The van der Waals surface area contributed by atoms with Gasteiger partial charge in [-0.05, 0) is 43.7 Å². The number of hydrogen-bond acceptors (Lipinski definition) is 5. The Hall–Kier alpha value is -3.28. The van der Waals surface area contributed by atoms with Gasteiger partial charge in [-0.25, -0.2) is 9.37 Å². The number of carbonyl (C=O) groups is 1. The van der Waals surface area contributed by atoms with Crippen LogP contribution in [0.3, 0.4) is 0 Å². The number of carbonyl (C=O) groups excluding carboxylic acids is 1. The van der Waals surface area contributed by atoms with Crippen LogP contribution in [0.5, 0.6) is 0 Å². The predicted molar refractivity (Wildman–Crippen MR) is 100 cm³/mol. The van der Waals surface area contributed by atoms with Crippen LogP contribution >= 0.6 is 0 Å². The number of ketones is 1. The van der Waals surface area contributed by atoms with Crippen LogP contribution in [-0.2, 0) is 6.54 Å². The lowest BCUT2D eigenvalue weighted by Gasteiger charge is -2.10. The maximum absolute atomic E-state index is 13.0. The Bertz CT molecular complexity index is 925. The number of halogens is 1. The van der Waals surface area contributed by atoms with Gasteiger partial charge in [0.25, 0.3) is 0 Å². The number of anilines is 3. The average Bonchev–Trinajstić information content (AvgIpc) is 2.61. The number of Topliss-reactive ketones (excluding diaryl/α,β-unsaturated/α-hetero) is 1. The maximum atomic E-state index is 13.0. The minimum absolute atomic E-state index is 0.000430. The molecule has 2 N–H and O–H groups in total. The van der Waals surface area contributed by atoms with Crippen molar-refractivity contribution in [2.24, 2.45) is 0 Å². The smallest absolute Gasteiger partial charge is 0.229 e. The molecule has 3 aromatic rings. The molecule has 0 saturated carbocycles. The van der Waals surface area contributed by atoms with Crippen LogP contribution in [0.4, 0.5) is 21.8 Å². The molecule has 0 unspecified atom stereocenters. The number of rotatable bonds is 6. The number of nitrogens with zero attached hydrogens (tertiary/aromatic N) is 2. The second kappa shape index (κ2) is 7.74. The fourth-order valence-corrected chi connectivity index (χ4v) is 2.45. The second-order valence-electron chi connectivity index (χ2n) is 5.96. The molecule has 6 heteroatoms. The SMILES string of the molecule is CC(=O)c1cccc(Nc2nc(C)cc(NCc3ccc(F)cc3)n2)c1. The Morgan fingerprint density at radius 3 is 2.58 bits per heavy atom. The number of aryl methyl sites for hydroxylation is 1. The minimum Gasteiger partial charge on any atom is -0.366 e. The Morgan fingerprint density at radius 2 is 1.85 bits per heavy atom. The highest BCUT2D eigenvalue weighted by atomic mass is 19.1. The third-order valence-corrected chi connectivity index (χ3v) is 3.77. The van der Waals surface area contributed by atoms with E-state index in [0.29, 0.717) is 23.9 Å². The first kappa shape index (κ1) is 17.5. The fourth-order valence-electron chi connectivity index (χ4n) is 2.45. The van der Waals surface area contributed by atoms with Crippen LogP contribution < -0.4 is 10.6 Å². The fraction of sp³-hybridized carbons (Fsp3) is 0.150. The zero-order valence-corrected chi connectivity index (χ0v) is 14.6. The third-order valence-electron chi connectivity index (χ3n) is 3.77. The molecule has 0 aliphatic carbocycles. The summed E-state index contributed by atoms with van der Waals surface area (Å²) in [6.45, 7) is 3.93. The van der Waals surface area contributed by atoms with Gasteiger partial charge in [-0.15, -0.1) is 0 Å². The van der Waals surface area contributed by atoms with Gasteiger partial charge in [-0.2, -0.15) is 4.98 Å². The molecule has 0 aliphatic heterocycles. The van der Waals surface area contributed by atoms with Gasteiger partial charge in [0.05, 0.1) is 0 Å². The summed E-state index contributed by atoms with van der Waals surface area (Å²) in [5.74, 6) is 0.839. The van der Waals surface area contributed by atoms with E-state index < -0.39 is 0 Å². The molecule has 1 heterocycles. The van der Waals surface area contributed by atoms with E-state index in [1.165, 1.54) is 19.1 Å². The Labute approximate surface area is 151 Å². The van der Waals surface area contributed by atoms with Gasteiger partial charge in [-0.1, -0.05) is 24.3 Å². The molecule has 1 aromatic heterocycles. The second-order valence-corrected chi connectivity index (χ2v) is 5.96. The van der Waals surface area contributed by atoms with Crippen LogP contribution in [0.2, 0.25) is 0 Å². The maximum Gasteiger partial charge on any atom is 0.229 e. The average molecular weight is 350 g/mol. The van der Waals surface area contributed by atoms with Crippen LogP contribution in [0, 0.1) is 12.7 Å². The van der Waals surface area contributed by atoms with E-state index >= 15 is 0 Å². The van der Waals surface area contributed by atoms with Gasteiger partial charge in [-0.3, -0.25) is 4.79 Å². The molecule has 0 amide bonds. The van der Waals surface area contributed by atoms with E-state index in [9.17, 15) is 9.18 Å². The first-order valence-electron chi connectivity index (χ1n) is 8.21. The Balaban J connectivity index is 1.74. The first-order chi connectivity index (χ1) is 12.5. The number of nitrogens with one attached hydrogen (secondary N) is 2. The lowest BCUT2D eigenvalue weighted by atomic mass is 10.1. The molecule has 0 spiro atoms. The quantitative estimate of drug-likeness (QED) is 0.642. The van der Waals surface area contributed by atoms with Crippen molar-refractivity contribution in [3.05, 3.63) is 77.2 Å². The number of benzene rings is 2. The van der Waals surface area contributed by atoms with Crippen molar-refractivity contribution in [3.8, 4) is 0 Å². The summed E-state index contributed by atoms with van der Waals surface area (Å²) in [5.41, 5.74) is 3.11. The van der Waals surface area contributed by atoms with Crippen LogP contribution in [0.1, 0.15) is 28.5 Å². The Morgan fingerprint density at radius 1 is 1.08 bits per heavy atom. The highest BCUT2D eigenvalue weighted by Crippen LogP contribution is 2.18. The van der Waals surface area contributed by atoms with E-state index in [1.807, 2.05) is 25.1 Å². The molecule has 0 saturated heterocycles. The highest BCUT2D eigenvalue weighted by molar-refractivity contribution is 5.95. The van der Waals surface area contributed by atoms with Crippen molar-refractivity contribution in [2.75, 3.05) is 10.6 Å². The lowest BCUT2D eigenvalue weighted by molar-refractivity contribution is 0.101.